The highest BCUT2D eigenvalue weighted by Gasteiger charge is 2.17. The Labute approximate surface area is 82.6 Å². The van der Waals surface area contributed by atoms with E-state index in [-0.39, 0.29) is 0 Å². The number of nitrogens with one attached hydrogen (secondary N) is 1. The van der Waals surface area contributed by atoms with E-state index >= 15 is 0 Å². The van der Waals surface area contributed by atoms with Crippen LogP contribution in [0.5, 0.6) is 0 Å². The van der Waals surface area contributed by atoms with Gasteiger partial charge in [-0.15, -0.1) is 0 Å². The molecule has 1 heterocycles. The van der Waals surface area contributed by atoms with Crippen molar-refractivity contribution in [3.63, 3.8) is 0 Å². The summed E-state index contributed by atoms with van der Waals surface area (Å²) in [4.78, 5) is 0. The van der Waals surface area contributed by atoms with Gasteiger partial charge in [-0.05, 0) is 17.7 Å². The predicted molar refractivity (Wildman–Crippen MR) is 55.2 cm³/mol. The van der Waals surface area contributed by atoms with Crippen molar-refractivity contribution in [3.8, 4) is 0 Å². The van der Waals surface area contributed by atoms with Crippen LogP contribution in [0.2, 0.25) is 5.02 Å². The predicted octanol–water partition coefficient (Wildman–Crippen LogP) is 2.28. The average Bonchev–Trinajstić information content (AvgIpc) is 2.51. The highest BCUT2D eigenvalue weighted by molar-refractivity contribution is 6.31. The van der Waals surface area contributed by atoms with Crippen molar-refractivity contribution in [2.24, 2.45) is 11.0 Å². The molecule has 0 fully saturated rings. The van der Waals surface area contributed by atoms with Gasteiger partial charge in [-0.25, -0.2) is 0 Å². The zero-order valence-electron chi connectivity index (χ0n) is 7.42. The summed E-state index contributed by atoms with van der Waals surface area (Å²) in [6.07, 6.45) is 0. The fraction of sp³-hybridized carbons (Fsp3) is 0.300. The van der Waals surface area contributed by atoms with Crippen LogP contribution in [-0.4, -0.2) is 12.3 Å². The van der Waals surface area contributed by atoms with Crippen LogP contribution in [-0.2, 0) is 0 Å². The Bertz CT molecular complexity index is 347. The van der Waals surface area contributed by atoms with Gasteiger partial charge >= 0.3 is 0 Å². The molecule has 3 heteroatoms. The summed E-state index contributed by atoms with van der Waals surface area (Å²) in [5.74, 6) is 0.471. The number of hydrogen-bond acceptors (Lipinski definition) is 2. The molecule has 0 bridgehead atoms. The monoisotopic (exact) mass is 194 g/mol. The lowest BCUT2D eigenvalue weighted by Crippen LogP contribution is -2.12. The maximum absolute atomic E-state index is 5.90. The first-order valence-electron chi connectivity index (χ1n) is 4.34. The lowest BCUT2D eigenvalue weighted by Gasteiger charge is -2.04. The SMILES string of the molecule is CC1CNN=C1c1cccc(Cl)c1. The van der Waals surface area contributed by atoms with Crippen LogP contribution < -0.4 is 5.43 Å². The molecular weight excluding hydrogens is 184 g/mol. The fourth-order valence-electron chi connectivity index (χ4n) is 1.47. The lowest BCUT2D eigenvalue weighted by molar-refractivity contribution is 0.708. The van der Waals surface area contributed by atoms with Crippen molar-refractivity contribution >= 4 is 17.3 Å². The zero-order chi connectivity index (χ0) is 9.26. The van der Waals surface area contributed by atoms with Gasteiger partial charge in [0.25, 0.3) is 0 Å². The summed E-state index contributed by atoms with van der Waals surface area (Å²) in [5.41, 5.74) is 5.20. The highest BCUT2D eigenvalue weighted by atomic mass is 35.5. The molecule has 0 radical (unpaired) electrons. The number of hydrazone groups is 1. The normalized spacial score (nSPS) is 21.1. The molecule has 2 rings (SSSR count). The van der Waals surface area contributed by atoms with Crippen LogP contribution in [0.3, 0.4) is 0 Å². The summed E-state index contributed by atoms with van der Waals surface area (Å²) in [5, 5.41) is 5.00. The Morgan fingerprint density at radius 1 is 1.54 bits per heavy atom. The van der Waals surface area contributed by atoms with Crippen LogP contribution >= 0.6 is 11.6 Å². The van der Waals surface area contributed by atoms with Crippen molar-refractivity contribution < 1.29 is 0 Å². The minimum atomic E-state index is 0.471. The van der Waals surface area contributed by atoms with E-state index in [1.165, 1.54) is 0 Å². The second-order valence-electron chi connectivity index (χ2n) is 3.27. The average molecular weight is 195 g/mol. The molecule has 0 saturated carbocycles. The quantitative estimate of drug-likeness (QED) is 0.729. The third-order valence-corrected chi connectivity index (χ3v) is 2.42. The fourth-order valence-corrected chi connectivity index (χ4v) is 1.66. The van der Waals surface area contributed by atoms with Gasteiger partial charge in [0.15, 0.2) is 0 Å². The molecule has 0 spiro atoms. The molecule has 0 aromatic heterocycles. The van der Waals surface area contributed by atoms with Gasteiger partial charge in [0.05, 0.1) is 5.71 Å². The second kappa shape index (κ2) is 3.38. The maximum Gasteiger partial charge on any atom is 0.0721 e. The van der Waals surface area contributed by atoms with Crippen molar-refractivity contribution in [1.29, 1.82) is 0 Å². The van der Waals surface area contributed by atoms with E-state index < -0.39 is 0 Å². The molecule has 68 valence electrons. The molecule has 1 aromatic rings. The second-order valence-corrected chi connectivity index (χ2v) is 3.71. The molecule has 2 nitrogen and oxygen atoms in total. The van der Waals surface area contributed by atoms with Gasteiger partial charge in [-0.1, -0.05) is 30.7 Å². The molecule has 1 aliphatic heterocycles. The van der Waals surface area contributed by atoms with E-state index in [9.17, 15) is 0 Å². The summed E-state index contributed by atoms with van der Waals surface area (Å²) < 4.78 is 0. The van der Waals surface area contributed by atoms with Gasteiger partial charge in [0.2, 0.25) is 0 Å². The van der Waals surface area contributed by atoms with Crippen LogP contribution in [0.1, 0.15) is 12.5 Å². The number of benzene rings is 1. The summed E-state index contributed by atoms with van der Waals surface area (Å²) >= 11 is 5.90. The summed E-state index contributed by atoms with van der Waals surface area (Å²) in [6, 6.07) is 7.81. The van der Waals surface area contributed by atoms with Gasteiger partial charge in [0, 0.05) is 17.5 Å². The summed E-state index contributed by atoms with van der Waals surface area (Å²) in [6.45, 7) is 3.07. The minimum absolute atomic E-state index is 0.471. The molecule has 1 aliphatic rings. The van der Waals surface area contributed by atoms with Gasteiger partial charge in [-0.2, -0.15) is 5.10 Å². The van der Waals surface area contributed by atoms with E-state index in [1.807, 2.05) is 24.3 Å². The minimum Gasteiger partial charge on any atom is -0.309 e. The van der Waals surface area contributed by atoms with E-state index in [2.05, 4.69) is 17.5 Å². The standard InChI is InChI=1S/C10H11ClN2/c1-7-6-12-13-10(7)8-3-2-4-9(11)5-8/h2-5,7,12H,6H2,1H3. The molecule has 0 saturated heterocycles. The summed E-state index contributed by atoms with van der Waals surface area (Å²) in [7, 11) is 0. The molecular formula is C10H11ClN2. The van der Waals surface area contributed by atoms with Crippen LogP contribution in [0.15, 0.2) is 29.4 Å². The highest BCUT2D eigenvalue weighted by Crippen LogP contribution is 2.17. The third-order valence-electron chi connectivity index (χ3n) is 2.18. The lowest BCUT2D eigenvalue weighted by atomic mass is 10.00. The molecule has 1 unspecified atom stereocenters. The Kier molecular flexibility index (Phi) is 2.23. The third kappa shape index (κ3) is 1.68. The molecule has 13 heavy (non-hydrogen) atoms. The Balaban J connectivity index is 2.35. The number of nitrogens with zero attached hydrogens (tertiary/aromatic N) is 1. The van der Waals surface area contributed by atoms with Crippen LogP contribution in [0.4, 0.5) is 0 Å². The van der Waals surface area contributed by atoms with E-state index in [0.29, 0.717) is 5.92 Å². The zero-order valence-corrected chi connectivity index (χ0v) is 8.17. The van der Waals surface area contributed by atoms with Crippen LogP contribution in [0.25, 0.3) is 0 Å². The van der Waals surface area contributed by atoms with E-state index in [0.717, 1.165) is 22.8 Å². The first-order valence-corrected chi connectivity index (χ1v) is 4.71. The maximum atomic E-state index is 5.90. The van der Waals surface area contributed by atoms with Gasteiger partial charge in [0.1, 0.15) is 0 Å². The van der Waals surface area contributed by atoms with Crippen molar-refractivity contribution in [2.45, 2.75) is 6.92 Å². The Hall–Kier alpha value is -1.02. The molecule has 1 N–H and O–H groups in total. The van der Waals surface area contributed by atoms with Crippen molar-refractivity contribution in [2.75, 3.05) is 6.54 Å². The van der Waals surface area contributed by atoms with Crippen molar-refractivity contribution in [1.82, 2.24) is 5.43 Å². The Morgan fingerprint density at radius 3 is 3.00 bits per heavy atom. The van der Waals surface area contributed by atoms with Gasteiger partial charge < -0.3 is 5.43 Å². The molecule has 1 atom stereocenters. The first-order chi connectivity index (χ1) is 6.27. The number of hydrogen-bond donors (Lipinski definition) is 1. The van der Waals surface area contributed by atoms with Crippen LogP contribution in [0, 0.1) is 5.92 Å². The van der Waals surface area contributed by atoms with E-state index in [1.54, 1.807) is 0 Å². The number of rotatable bonds is 1. The van der Waals surface area contributed by atoms with Crippen molar-refractivity contribution in [3.05, 3.63) is 34.9 Å². The smallest absolute Gasteiger partial charge is 0.0721 e. The number of halogens is 1. The van der Waals surface area contributed by atoms with E-state index in [4.69, 9.17) is 11.6 Å². The molecule has 1 aromatic carbocycles. The topological polar surface area (TPSA) is 24.4 Å². The first kappa shape index (κ1) is 8.57. The largest absolute Gasteiger partial charge is 0.309 e. The molecule has 0 aliphatic carbocycles. The van der Waals surface area contributed by atoms with Gasteiger partial charge in [-0.3, -0.25) is 0 Å². The Morgan fingerprint density at radius 2 is 2.38 bits per heavy atom. The molecule has 0 amide bonds.